The topological polar surface area (TPSA) is 54.5 Å². The predicted molar refractivity (Wildman–Crippen MR) is 79.6 cm³/mol. The Kier molecular flexibility index (Phi) is 3.57. The van der Waals surface area contributed by atoms with Crippen molar-refractivity contribution < 1.29 is 13.2 Å². The number of para-hydroxylation sites is 1. The molecule has 0 atom stereocenters. The number of rotatable bonds is 4. The van der Waals surface area contributed by atoms with Crippen molar-refractivity contribution in [3.8, 4) is 0 Å². The third-order valence-electron chi connectivity index (χ3n) is 3.17. The molecule has 0 aromatic heterocycles. The fourth-order valence-electron chi connectivity index (χ4n) is 2.06. The van der Waals surface area contributed by atoms with E-state index in [9.17, 15) is 13.2 Å². The zero-order valence-electron chi connectivity index (χ0n) is 11.5. The molecule has 0 saturated heterocycles. The van der Waals surface area contributed by atoms with Gasteiger partial charge in [-0.15, -0.1) is 0 Å². The second kappa shape index (κ2) is 4.75. The van der Waals surface area contributed by atoms with Crippen LogP contribution < -0.4 is 4.31 Å². The van der Waals surface area contributed by atoms with Crippen LogP contribution in [0.5, 0.6) is 0 Å². The standard InChI is InChI=1S/C13H19NO3SSi/c1-19(2,3)9-8-18(16,17)14-12-7-5-4-6-11(12)10-13(14)15/h4-7H,8-10H2,1-3H3. The van der Waals surface area contributed by atoms with Crippen LogP contribution in [0.15, 0.2) is 24.3 Å². The molecule has 19 heavy (non-hydrogen) atoms. The van der Waals surface area contributed by atoms with E-state index >= 15 is 0 Å². The largest absolute Gasteiger partial charge is 0.273 e. The number of fused-ring (bicyclic) bond motifs is 1. The maximum absolute atomic E-state index is 12.4. The van der Waals surface area contributed by atoms with E-state index in [1.807, 2.05) is 6.07 Å². The number of hydrogen-bond donors (Lipinski definition) is 0. The Balaban J connectivity index is 2.29. The Bertz CT molecular complexity index is 605. The summed E-state index contributed by atoms with van der Waals surface area (Å²) in [7, 11) is -4.99. The molecule has 0 N–H and O–H groups in total. The van der Waals surface area contributed by atoms with Crippen LogP contribution >= 0.6 is 0 Å². The Labute approximate surface area is 115 Å². The van der Waals surface area contributed by atoms with Gasteiger partial charge in [0.25, 0.3) is 0 Å². The Hall–Kier alpha value is -1.14. The first-order chi connectivity index (χ1) is 8.71. The molecule has 0 unspecified atom stereocenters. The molecule has 6 heteroatoms. The Morgan fingerprint density at radius 3 is 2.47 bits per heavy atom. The maximum atomic E-state index is 12.4. The van der Waals surface area contributed by atoms with Gasteiger partial charge in [-0.05, 0) is 17.7 Å². The summed E-state index contributed by atoms with van der Waals surface area (Å²) in [5.74, 6) is -0.278. The molecule has 1 amide bonds. The number of anilines is 1. The molecular weight excluding hydrogens is 278 g/mol. The van der Waals surface area contributed by atoms with Crippen molar-refractivity contribution in [1.82, 2.24) is 0 Å². The molecule has 0 radical (unpaired) electrons. The Morgan fingerprint density at radius 2 is 1.84 bits per heavy atom. The summed E-state index contributed by atoms with van der Waals surface area (Å²) < 4.78 is 25.8. The molecule has 0 saturated carbocycles. The molecule has 0 bridgehead atoms. The minimum atomic E-state index is -3.54. The van der Waals surface area contributed by atoms with E-state index in [4.69, 9.17) is 0 Å². The van der Waals surface area contributed by atoms with Crippen molar-refractivity contribution in [2.24, 2.45) is 0 Å². The number of carbonyl (C=O) groups excluding carboxylic acids is 1. The van der Waals surface area contributed by atoms with Crippen LogP contribution in [0.25, 0.3) is 0 Å². The van der Waals surface area contributed by atoms with Gasteiger partial charge in [0.2, 0.25) is 15.9 Å². The van der Waals surface area contributed by atoms with E-state index in [-0.39, 0.29) is 18.1 Å². The van der Waals surface area contributed by atoms with Crippen molar-refractivity contribution in [2.45, 2.75) is 32.1 Å². The number of carbonyl (C=O) groups is 1. The summed E-state index contributed by atoms with van der Waals surface area (Å²) >= 11 is 0. The molecule has 0 aliphatic carbocycles. The van der Waals surface area contributed by atoms with Gasteiger partial charge in [0, 0.05) is 8.07 Å². The monoisotopic (exact) mass is 297 g/mol. The molecule has 1 heterocycles. The van der Waals surface area contributed by atoms with E-state index in [0.29, 0.717) is 11.7 Å². The third-order valence-corrected chi connectivity index (χ3v) is 6.96. The lowest BCUT2D eigenvalue weighted by Crippen LogP contribution is -2.37. The highest BCUT2D eigenvalue weighted by Crippen LogP contribution is 2.31. The van der Waals surface area contributed by atoms with Crippen LogP contribution in [0, 0.1) is 0 Å². The van der Waals surface area contributed by atoms with Crippen molar-refractivity contribution in [1.29, 1.82) is 0 Å². The summed E-state index contributed by atoms with van der Waals surface area (Å²) in [4.78, 5) is 12.0. The summed E-state index contributed by atoms with van der Waals surface area (Å²) in [5.41, 5.74) is 1.33. The van der Waals surface area contributed by atoms with Crippen molar-refractivity contribution >= 4 is 29.7 Å². The molecule has 1 aliphatic heterocycles. The maximum Gasteiger partial charge on any atom is 0.245 e. The zero-order chi connectivity index (χ0) is 14.3. The van der Waals surface area contributed by atoms with E-state index in [1.54, 1.807) is 18.2 Å². The van der Waals surface area contributed by atoms with Gasteiger partial charge >= 0.3 is 0 Å². The highest BCUT2D eigenvalue weighted by molar-refractivity contribution is 7.93. The summed E-state index contributed by atoms with van der Waals surface area (Å²) in [6.45, 7) is 6.38. The van der Waals surface area contributed by atoms with Crippen LogP contribution in [0.4, 0.5) is 5.69 Å². The molecule has 1 aromatic carbocycles. The molecule has 0 spiro atoms. The second-order valence-corrected chi connectivity index (χ2v) is 13.6. The average Bonchev–Trinajstić information content (AvgIpc) is 2.62. The minimum absolute atomic E-state index is 0.0583. The van der Waals surface area contributed by atoms with E-state index in [0.717, 1.165) is 9.87 Å². The fraction of sp³-hybridized carbons (Fsp3) is 0.462. The first-order valence-corrected chi connectivity index (χ1v) is 11.7. The van der Waals surface area contributed by atoms with Crippen LogP contribution in [0.3, 0.4) is 0 Å². The van der Waals surface area contributed by atoms with Crippen LogP contribution in [0.2, 0.25) is 25.7 Å². The minimum Gasteiger partial charge on any atom is -0.273 e. The van der Waals surface area contributed by atoms with Crippen LogP contribution in [-0.4, -0.2) is 28.2 Å². The average molecular weight is 297 g/mol. The number of hydrogen-bond acceptors (Lipinski definition) is 3. The summed E-state index contributed by atoms with van der Waals surface area (Å²) in [6.07, 6.45) is 0.183. The lowest BCUT2D eigenvalue weighted by atomic mass is 10.2. The van der Waals surface area contributed by atoms with Gasteiger partial charge in [-0.3, -0.25) is 4.79 Å². The molecule has 1 aliphatic rings. The van der Waals surface area contributed by atoms with Crippen molar-refractivity contribution in [2.75, 3.05) is 10.1 Å². The number of benzene rings is 1. The third kappa shape index (κ3) is 3.06. The normalized spacial score (nSPS) is 15.7. The summed E-state index contributed by atoms with van der Waals surface area (Å²) in [6, 6.07) is 7.76. The van der Waals surface area contributed by atoms with Gasteiger partial charge in [0.05, 0.1) is 17.9 Å². The van der Waals surface area contributed by atoms with Gasteiger partial charge in [-0.2, -0.15) is 0 Å². The second-order valence-electron chi connectivity index (χ2n) is 6.09. The van der Waals surface area contributed by atoms with Gasteiger partial charge in [0.15, 0.2) is 0 Å². The molecule has 1 aromatic rings. The number of sulfonamides is 1. The lowest BCUT2D eigenvalue weighted by molar-refractivity contribution is -0.116. The Morgan fingerprint density at radius 1 is 1.21 bits per heavy atom. The summed E-state index contributed by atoms with van der Waals surface area (Å²) in [5, 5.41) is 0. The van der Waals surface area contributed by atoms with Gasteiger partial charge < -0.3 is 0 Å². The first kappa shape index (κ1) is 14.3. The van der Waals surface area contributed by atoms with E-state index in [2.05, 4.69) is 19.6 Å². The van der Waals surface area contributed by atoms with Gasteiger partial charge in [-0.25, -0.2) is 12.7 Å². The van der Waals surface area contributed by atoms with Gasteiger partial charge in [0.1, 0.15) is 0 Å². The van der Waals surface area contributed by atoms with Crippen LogP contribution in [0.1, 0.15) is 5.56 Å². The quantitative estimate of drug-likeness (QED) is 0.801. The highest BCUT2D eigenvalue weighted by atomic mass is 32.2. The lowest BCUT2D eigenvalue weighted by Gasteiger charge is -2.21. The van der Waals surface area contributed by atoms with Crippen molar-refractivity contribution in [3.63, 3.8) is 0 Å². The molecule has 0 fully saturated rings. The van der Waals surface area contributed by atoms with Gasteiger partial charge in [-0.1, -0.05) is 37.8 Å². The first-order valence-electron chi connectivity index (χ1n) is 6.34. The predicted octanol–water partition coefficient (Wildman–Crippen LogP) is 2.24. The van der Waals surface area contributed by atoms with E-state index in [1.165, 1.54) is 0 Å². The van der Waals surface area contributed by atoms with Crippen molar-refractivity contribution in [3.05, 3.63) is 29.8 Å². The van der Waals surface area contributed by atoms with E-state index < -0.39 is 18.1 Å². The molecule has 104 valence electrons. The fourth-order valence-corrected chi connectivity index (χ4v) is 6.58. The SMILES string of the molecule is C[Si](C)(C)CCS(=O)(=O)N1C(=O)Cc2ccccc21. The number of nitrogens with zero attached hydrogens (tertiary/aromatic N) is 1. The highest BCUT2D eigenvalue weighted by Gasteiger charge is 2.36. The van der Waals surface area contributed by atoms with Crippen LogP contribution in [-0.2, 0) is 21.2 Å². The number of amides is 1. The molecule has 2 rings (SSSR count). The molecule has 4 nitrogen and oxygen atoms in total. The zero-order valence-corrected chi connectivity index (χ0v) is 13.3. The molecular formula is C13H19NO3SSi. The smallest absolute Gasteiger partial charge is 0.245 e.